The minimum atomic E-state index is -2.96. The number of aliphatic hydroxyl groups is 1. The monoisotopic (exact) mass is 247 g/mol. The van der Waals surface area contributed by atoms with Crippen LogP contribution in [-0.4, -0.2) is 41.8 Å². The van der Waals surface area contributed by atoms with Gasteiger partial charge in [0, 0.05) is 5.92 Å². The zero-order chi connectivity index (χ0) is 11.8. The maximum absolute atomic E-state index is 11.3. The van der Waals surface area contributed by atoms with E-state index in [0.717, 1.165) is 0 Å². The minimum Gasteiger partial charge on any atom is -0.394 e. The molecule has 7 nitrogen and oxygen atoms in total. The van der Waals surface area contributed by atoms with Crippen LogP contribution in [0.15, 0.2) is 4.52 Å². The fourth-order valence-electron chi connectivity index (χ4n) is 1.64. The van der Waals surface area contributed by atoms with Gasteiger partial charge in [-0.3, -0.25) is 0 Å². The zero-order valence-corrected chi connectivity index (χ0v) is 9.35. The van der Waals surface area contributed by atoms with Crippen LogP contribution in [0.4, 0.5) is 0 Å². The Morgan fingerprint density at radius 2 is 2.38 bits per heavy atom. The number of aromatic nitrogens is 2. The van der Waals surface area contributed by atoms with Crippen molar-refractivity contribution in [1.29, 1.82) is 0 Å². The molecule has 1 fully saturated rings. The van der Waals surface area contributed by atoms with Crippen molar-refractivity contribution in [3.05, 3.63) is 11.7 Å². The van der Waals surface area contributed by atoms with Crippen LogP contribution in [0.2, 0.25) is 0 Å². The molecule has 2 unspecified atom stereocenters. The van der Waals surface area contributed by atoms with E-state index in [2.05, 4.69) is 10.1 Å². The summed E-state index contributed by atoms with van der Waals surface area (Å²) in [7, 11) is -2.96. The second-order valence-corrected chi connectivity index (χ2v) is 6.11. The van der Waals surface area contributed by atoms with Crippen molar-refractivity contribution in [1.82, 2.24) is 10.1 Å². The molecule has 1 aromatic heterocycles. The number of nitrogens with two attached hydrogens (primary N) is 1. The predicted octanol–water partition coefficient (Wildman–Crippen LogP) is -1.04. The highest BCUT2D eigenvalue weighted by Gasteiger charge is 2.32. The van der Waals surface area contributed by atoms with Crippen LogP contribution < -0.4 is 5.73 Å². The first-order valence-electron chi connectivity index (χ1n) is 4.92. The Bertz CT molecular complexity index is 469. The highest BCUT2D eigenvalue weighted by atomic mass is 32.2. The molecule has 1 aliphatic heterocycles. The van der Waals surface area contributed by atoms with Gasteiger partial charge in [0.1, 0.15) is 6.04 Å². The maximum atomic E-state index is 11.3. The lowest BCUT2D eigenvalue weighted by molar-refractivity contribution is 0.236. The van der Waals surface area contributed by atoms with Gasteiger partial charge in [-0.15, -0.1) is 0 Å². The Morgan fingerprint density at radius 3 is 2.94 bits per heavy atom. The van der Waals surface area contributed by atoms with E-state index in [1.165, 1.54) is 0 Å². The highest BCUT2D eigenvalue weighted by molar-refractivity contribution is 7.91. The molecule has 2 atom stereocenters. The summed E-state index contributed by atoms with van der Waals surface area (Å²) in [6.45, 7) is -0.287. The average Bonchev–Trinajstić information content (AvgIpc) is 2.83. The van der Waals surface area contributed by atoms with Gasteiger partial charge < -0.3 is 15.4 Å². The van der Waals surface area contributed by atoms with Crippen LogP contribution in [0.3, 0.4) is 0 Å². The molecule has 2 rings (SSSR count). The van der Waals surface area contributed by atoms with Gasteiger partial charge in [-0.25, -0.2) is 8.42 Å². The van der Waals surface area contributed by atoms with E-state index in [0.29, 0.717) is 12.2 Å². The second kappa shape index (κ2) is 4.11. The summed E-state index contributed by atoms with van der Waals surface area (Å²) in [5.41, 5.74) is 5.50. The summed E-state index contributed by atoms with van der Waals surface area (Å²) in [6, 6.07) is -0.709. The molecule has 0 amide bonds. The third-order valence-electron chi connectivity index (χ3n) is 2.57. The van der Waals surface area contributed by atoms with Gasteiger partial charge in [0.2, 0.25) is 5.89 Å². The van der Waals surface area contributed by atoms with E-state index in [1.54, 1.807) is 0 Å². The van der Waals surface area contributed by atoms with Crippen molar-refractivity contribution in [3.63, 3.8) is 0 Å². The molecule has 90 valence electrons. The van der Waals surface area contributed by atoms with Gasteiger partial charge in [0.15, 0.2) is 15.7 Å². The largest absolute Gasteiger partial charge is 0.394 e. The molecule has 0 aromatic carbocycles. The summed E-state index contributed by atoms with van der Waals surface area (Å²) in [5, 5.41) is 12.5. The molecule has 0 radical (unpaired) electrons. The molecular formula is C8H13N3O4S. The molecule has 0 aliphatic carbocycles. The summed E-state index contributed by atoms with van der Waals surface area (Å²) < 4.78 is 27.4. The van der Waals surface area contributed by atoms with E-state index < -0.39 is 15.9 Å². The number of rotatable bonds is 3. The SMILES string of the molecule is NC(CO)c1nc(C2CCS(=O)(=O)C2)no1. The Morgan fingerprint density at radius 1 is 1.62 bits per heavy atom. The predicted molar refractivity (Wildman–Crippen MR) is 54.3 cm³/mol. The summed E-state index contributed by atoms with van der Waals surface area (Å²) in [6.07, 6.45) is 0.510. The van der Waals surface area contributed by atoms with E-state index in [9.17, 15) is 8.42 Å². The van der Waals surface area contributed by atoms with Crippen LogP contribution in [0.5, 0.6) is 0 Å². The van der Waals surface area contributed by atoms with Crippen LogP contribution in [0.1, 0.15) is 30.1 Å². The third-order valence-corrected chi connectivity index (χ3v) is 4.34. The van der Waals surface area contributed by atoms with Crippen molar-refractivity contribution in [3.8, 4) is 0 Å². The first-order valence-corrected chi connectivity index (χ1v) is 6.74. The number of hydrogen-bond donors (Lipinski definition) is 2. The molecule has 8 heteroatoms. The first-order chi connectivity index (χ1) is 7.52. The van der Waals surface area contributed by atoms with Crippen LogP contribution in [-0.2, 0) is 9.84 Å². The molecule has 0 saturated carbocycles. The number of nitrogens with zero attached hydrogens (tertiary/aromatic N) is 2. The van der Waals surface area contributed by atoms with Gasteiger partial charge in [0.25, 0.3) is 0 Å². The number of aliphatic hydroxyl groups excluding tert-OH is 1. The smallest absolute Gasteiger partial charge is 0.245 e. The maximum Gasteiger partial charge on any atom is 0.245 e. The van der Waals surface area contributed by atoms with Gasteiger partial charge in [-0.2, -0.15) is 4.98 Å². The standard InChI is InChI=1S/C8H13N3O4S/c9-6(3-12)8-10-7(11-15-8)5-1-2-16(13,14)4-5/h5-6,12H,1-4,9H2. The van der Waals surface area contributed by atoms with Crippen LogP contribution in [0, 0.1) is 0 Å². The lowest BCUT2D eigenvalue weighted by atomic mass is 10.1. The molecule has 3 N–H and O–H groups in total. The number of sulfone groups is 1. The molecule has 2 heterocycles. The molecule has 1 saturated heterocycles. The summed E-state index contributed by atoms with van der Waals surface area (Å²) in [5.74, 6) is 0.503. The third kappa shape index (κ3) is 2.23. The van der Waals surface area contributed by atoms with E-state index >= 15 is 0 Å². The van der Waals surface area contributed by atoms with Crippen molar-refractivity contribution >= 4 is 9.84 Å². The fourth-order valence-corrected chi connectivity index (χ4v) is 3.38. The lowest BCUT2D eigenvalue weighted by Gasteiger charge is -2.00. The molecule has 0 bridgehead atoms. The Labute approximate surface area is 92.6 Å². The van der Waals surface area contributed by atoms with E-state index in [4.69, 9.17) is 15.4 Å². The van der Waals surface area contributed by atoms with Gasteiger partial charge in [-0.1, -0.05) is 5.16 Å². The number of hydrogen-bond acceptors (Lipinski definition) is 7. The van der Waals surface area contributed by atoms with Crippen LogP contribution in [0.25, 0.3) is 0 Å². The van der Waals surface area contributed by atoms with E-state index in [-0.39, 0.29) is 29.9 Å². The van der Waals surface area contributed by atoms with Gasteiger partial charge >= 0.3 is 0 Å². The molecular weight excluding hydrogens is 234 g/mol. The second-order valence-electron chi connectivity index (χ2n) is 3.88. The lowest BCUT2D eigenvalue weighted by Crippen LogP contribution is -2.15. The fraction of sp³-hybridized carbons (Fsp3) is 0.750. The Kier molecular flexibility index (Phi) is 2.96. The molecule has 0 spiro atoms. The Balaban J connectivity index is 2.14. The first kappa shape index (κ1) is 11.5. The van der Waals surface area contributed by atoms with E-state index in [1.807, 2.05) is 0 Å². The molecule has 1 aromatic rings. The highest BCUT2D eigenvalue weighted by Crippen LogP contribution is 2.27. The molecule has 16 heavy (non-hydrogen) atoms. The average molecular weight is 247 g/mol. The summed E-state index contributed by atoms with van der Waals surface area (Å²) in [4.78, 5) is 4.00. The minimum absolute atomic E-state index is 0.0559. The summed E-state index contributed by atoms with van der Waals surface area (Å²) >= 11 is 0. The zero-order valence-electron chi connectivity index (χ0n) is 8.54. The van der Waals surface area contributed by atoms with Crippen molar-refractivity contribution in [2.75, 3.05) is 18.1 Å². The Hall–Kier alpha value is -0.990. The topological polar surface area (TPSA) is 119 Å². The van der Waals surface area contributed by atoms with Crippen molar-refractivity contribution in [2.24, 2.45) is 5.73 Å². The van der Waals surface area contributed by atoms with Gasteiger partial charge in [0.05, 0.1) is 18.1 Å². The normalized spacial score (nSPS) is 25.8. The van der Waals surface area contributed by atoms with Crippen molar-refractivity contribution < 1.29 is 18.0 Å². The molecule has 1 aliphatic rings. The van der Waals surface area contributed by atoms with Crippen LogP contribution >= 0.6 is 0 Å². The van der Waals surface area contributed by atoms with Crippen molar-refractivity contribution in [2.45, 2.75) is 18.4 Å². The van der Waals surface area contributed by atoms with Gasteiger partial charge in [-0.05, 0) is 6.42 Å². The quantitative estimate of drug-likeness (QED) is 0.700.